The molecule has 1 fully saturated rings. The first-order chi connectivity index (χ1) is 15.0. The Labute approximate surface area is 189 Å². The van der Waals surface area contributed by atoms with E-state index in [0.29, 0.717) is 16.0 Å². The normalized spacial score (nSPS) is 29.8. The Kier molecular flexibility index (Phi) is 5.83. The number of esters is 1. The summed E-state index contributed by atoms with van der Waals surface area (Å²) in [6.07, 6.45) is -2.07. The van der Waals surface area contributed by atoms with Crippen LogP contribution in [-0.2, 0) is 14.3 Å². The number of halogens is 4. The Morgan fingerprint density at radius 3 is 2.44 bits per heavy atom. The fourth-order valence-electron chi connectivity index (χ4n) is 4.66. The lowest BCUT2D eigenvalue weighted by molar-refractivity contribution is -0.150. The summed E-state index contributed by atoms with van der Waals surface area (Å²) in [5.41, 5.74) is -5.74. The van der Waals surface area contributed by atoms with Gasteiger partial charge in [0.2, 0.25) is 0 Å². The van der Waals surface area contributed by atoms with Gasteiger partial charge in [-0.05, 0) is 53.9 Å². The summed E-state index contributed by atoms with van der Waals surface area (Å²) in [5.74, 6) is -2.84. The predicted octanol–water partition coefficient (Wildman–Crippen LogP) is 5.22. The van der Waals surface area contributed by atoms with E-state index >= 15 is 0 Å². The Hall–Kier alpha value is -2.04. The third-order valence-electron chi connectivity index (χ3n) is 6.07. The van der Waals surface area contributed by atoms with Crippen LogP contribution < -0.4 is 0 Å². The van der Waals surface area contributed by atoms with Gasteiger partial charge >= 0.3 is 11.5 Å². The molecule has 1 aliphatic carbocycles. The van der Waals surface area contributed by atoms with Gasteiger partial charge in [0.05, 0.1) is 18.6 Å². The number of thioether (sulfide) groups is 2. The summed E-state index contributed by atoms with van der Waals surface area (Å²) in [5, 5.41) is 10.6. The molecule has 2 aromatic carbocycles. The maximum atomic E-state index is 13.9. The Balaban J connectivity index is 1.91. The summed E-state index contributed by atoms with van der Waals surface area (Å²) in [6, 6.07) is 12.0. The predicted molar refractivity (Wildman–Crippen MR) is 111 cm³/mol. The van der Waals surface area contributed by atoms with Crippen LogP contribution in [-0.4, -0.2) is 34.2 Å². The Morgan fingerprint density at radius 1 is 1.16 bits per heavy atom. The lowest BCUT2D eigenvalue weighted by Gasteiger charge is -2.45. The first-order valence-corrected chi connectivity index (χ1v) is 11.3. The van der Waals surface area contributed by atoms with Crippen molar-refractivity contribution in [1.82, 2.24) is 0 Å². The van der Waals surface area contributed by atoms with Crippen LogP contribution in [0.15, 0.2) is 53.4 Å². The summed E-state index contributed by atoms with van der Waals surface area (Å²) in [6.45, 7) is 0. The molecule has 0 aromatic heterocycles. The van der Waals surface area contributed by atoms with Gasteiger partial charge in [-0.15, -0.1) is 11.8 Å². The average Bonchev–Trinajstić information content (AvgIpc) is 3.03. The molecule has 2 aliphatic rings. The third kappa shape index (κ3) is 3.52. The Morgan fingerprint density at radius 2 is 1.81 bits per heavy atom. The van der Waals surface area contributed by atoms with Crippen LogP contribution in [0.5, 0.6) is 0 Å². The van der Waals surface area contributed by atoms with Gasteiger partial charge in [0, 0.05) is 10.1 Å². The maximum Gasteiger partial charge on any atom is 0.443 e. The highest BCUT2D eigenvalue weighted by Crippen LogP contribution is 2.68. The molecule has 1 heterocycles. The monoisotopic (exact) mass is 486 g/mol. The van der Waals surface area contributed by atoms with Crippen molar-refractivity contribution < 1.29 is 37.0 Å². The number of benzene rings is 2. The molecule has 1 N–H and O–H groups in total. The number of hydrogen-bond donors (Lipinski definition) is 1. The molecule has 2 aromatic rings. The summed E-state index contributed by atoms with van der Waals surface area (Å²) in [4.78, 5) is 27.1. The molecule has 1 aliphatic heterocycles. The number of hydrogen-bond acceptors (Lipinski definition) is 6. The zero-order valence-corrected chi connectivity index (χ0v) is 18.3. The molecule has 1 spiro atoms. The van der Waals surface area contributed by atoms with Gasteiger partial charge in [-0.1, -0.05) is 30.3 Å². The van der Waals surface area contributed by atoms with Crippen molar-refractivity contribution >= 4 is 35.3 Å². The molecular weight excluding hydrogens is 468 g/mol. The van der Waals surface area contributed by atoms with Crippen molar-refractivity contribution in [3.05, 3.63) is 65.5 Å². The maximum absolute atomic E-state index is 13.9. The first kappa shape index (κ1) is 23.1. The van der Waals surface area contributed by atoms with E-state index in [-0.39, 0.29) is 6.42 Å². The van der Waals surface area contributed by atoms with Gasteiger partial charge in [0.1, 0.15) is 5.82 Å². The fourth-order valence-corrected chi connectivity index (χ4v) is 7.30. The lowest BCUT2D eigenvalue weighted by Crippen LogP contribution is -2.51. The van der Waals surface area contributed by atoms with Crippen molar-refractivity contribution in [3.63, 3.8) is 0 Å². The van der Waals surface area contributed by atoms with E-state index in [9.17, 15) is 32.3 Å². The molecular formula is C22H18F4O4S2. The van der Waals surface area contributed by atoms with Crippen molar-refractivity contribution in [1.29, 1.82) is 0 Å². The number of rotatable bonds is 3. The van der Waals surface area contributed by atoms with Crippen LogP contribution in [0.1, 0.15) is 35.3 Å². The first-order valence-electron chi connectivity index (χ1n) is 9.64. The topological polar surface area (TPSA) is 63.6 Å². The van der Waals surface area contributed by atoms with Crippen LogP contribution in [0.3, 0.4) is 0 Å². The van der Waals surface area contributed by atoms with Crippen LogP contribution in [0.4, 0.5) is 17.6 Å². The van der Waals surface area contributed by atoms with Gasteiger partial charge < -0.3 is 9.84 Å². The molecule has 0 bridgehead atoms. The van der Waals surface area contributed by atoms with E-state index in [4.69, 9.17) is 0 Å². The average molecular weight is 487 g/mol. The zero-order valence-electron chi connectivity index (χ0n) is 16.7. The molecule has 0 amide bonds. The van der Waals surface area contributed by atoms with Crippen LogP contribution in [0.25, 0.3) is 0 Å². The van der Waals surface area contributed by atoms with Crippen molar-refractivity contribution in [2.45, 2.75) is 39.3 Å². The van der Waals surface area contributed by atoms with E-state index in [0.717, 1.165) is 7.11 Å². The molecule has 0 unspecified atom stereocenters. The summed E-state index contributed by atoms with van der Waals surface area (Å²) in [7, 11) is 0.929. The number of aliphatic hydroxyl groups is 1. The largest absolute Gasteiger partial charge is 0.468 e. The number of methoxy groups -OCH3 is 1. The highest BCUT2D eigenvalue weighted by atomic mass is 32.2. The molecule has 4 nitrogen and oxygen atoms in total. The van der Waals surface area contributed by atoms with Gasteiger partial charge in [-0.3, -0.25) is 9.59 Å². The van der Waals surface area contributed by atoms with E-state index < -0.39 is 62.8 Å². The fraction of sp³-hybridized carbons (Fsp3) is 0.364. The molecule has 4 atom stereocenters. The minimum absolute atomic E-state index is 0.172. The van der Waals surface area contributed by atoms with E-state index in [2.05, 4.69) is 4.74 Å². The van der Waals surface area contributed by atoms with Gasteiger partial charge in [-0.2, -0.15) is 13.2 Å². The molecule has 1 saturated carbocycles. The highest BCUT2D eigenvalue weighted by Gasteiger charge is 2.70. The number of alkyl halides is 3. The molecule has 170 valence electrons. The van der Waals surface area contributed by atoms with E-state index in [1.54, 1.807) is 24.3 Å². The zero-order chi connectivity index (χ0) is 23.3. The van der Waals surface area contributed by atoms with Crippen molar-refractivity contribution in [2.75, 3.05) is 7.11 Å². The van der Waals surface area contributed by atoms with E-state index in [1.807, 2.05) is 0 Å². The Bertz CT molecular complexity index is 1060. The lowest BCUT2D eigenvalue weighted by atomic mass is 9.70. The number of carbonyl (C=O) groups excluding carboxylic acids is 2. The summed E-state index contributed by atoms with van der Waals surface area (Å²) >= 11 is 0.510. The van der Waals surface area contributed by atoms with E-state index in [1.165, 1.54) is 36.0 Å². The van der Waals surface area contributed by atoms with Crippen LogP contribution in [0.2, 0.25) is 0 Å². The minimum atomic E-state index is -4.88. The van der Waals surface area contributed by atoms with Crippen molar-refractivity contribution in [2.24, 2.45) is 5.41 Å². The number of Topliss-reactive ketones (excluding diaryl/α,β-unsaturated/α-hetero) is 1. The second-order valence-electron chi connectivity index (χ2n) is 7.73. The molecule has 4 rings (SSSR count). The minimum Gasteiger partial charge on any atom is -0.468 e. The van der Waals surface area contributed by atoms with Gasteiger partial charge in [-0.25, -0.2) is 4.39 Å². The number of fused-ring (bicyclic) bond motifs is 1. The van der Waals surface area contributed by atoms with Gasteiger partial charge in [0.25, 0.3) is 0 Å². The molecule has 0 saturated heterocycles. The van der Waals surface area contributed by atoms with Crippen LogP contribution >= 0.6 is 23.5 Å². The highest BCUT2D eigenvalue weighted by molar-refractivity contribution is 8.03. The number of ether oxygens (including phenoxy) is 1. The summed E-state index contributed by atoms with van der Waals surface area (Å²) < 4.78 is 56.1. The smallest absolute Gasteiger partial charge is 0.443 e. The quantitative estimate of drug-likeness (QED) is 0.365. The molecule has 10 heteroatoms. The van der Waals surface area contributed by atoms with Crippen molar-refractivity contribution in [3.8, 4) is 0 Å². The number of aliphatic hydroxyl groups excluding tert-OH is 1. The standard InChI is InChI=1S/C22H18F4O4S2/c1-30-19(29)21(32-22(24,25)26)11-10-20(18(21)28)16(27)14-4-2-3-5-15(14)31-17(20)12-6-8-13(23)9-7-12/h2-9,16-17,27H,10-11H2,1H3/t16-,17-,20+,21+/m0/s1. The molecule has 0 radical (unpaired) electrons. The second kappa shape index (κ2) is 8.07. The number of carbonyl (C=O) groups is 2. The number of ketones is 1. The van der Waals surface area contributed by atoms with Gasteiger partial charge in [0.15, 0.2) is 10.5 Å². The molecule has 32 heavy (non-hydrogen) atoms. The van der Waals surface area contributed by atoms with Crippen LogP contribution in [0, 0.1) is 11.2 Å². The second-order valence-corrected chi connectivity index (χ2v) is 10.2. The SMILES string of the molecule is COC(=O)[C@@]1(SC(F)(F)F)CC[C@@]2(C1=O)[C@@H](O)c1ccccc1S[C@H]2c1ccc(F)cc1. The third-order valence-corrected chi connectivity index (χ3v) is 8.76.